The van der Waals surface area contributed by atoms with E-state index in [2.05, 4.69) is 31.0 Å². The van der Waals surface area contributed by atoms with Crippen molar-refractivity contribution in [1.82, 2.24) is 4.98 Å². The van der Waals surface area contributed by atoms with E-state index in [1.165, 1.54) is 5.56 Å². The summed E-state index contributed by atoms with van der Waals surface area (Å²) < 4.78 is 5.95. The van der Waals surface area contributed by atoms with Crippen molar-refractivity contribution in [1.29, 1.82) is 0 Å². The number of aromatic nitrogens is 1. The number of hydrogen-bond acceptors (Lipinski definition) is 3. The molecule has 2 rings (SSSR count). The van der Waals surface area contributed by atoms with Gasteiger partial charge in [-0.25, -0.2) is 0 Å². The van der Waals surface area contributed by atoms with Crippen LogP contribution in [0.25, 0.3) is 0 Å². The fraction of sp³-hybridized carbons (Fsp3) is 0.353. The normalized spacial score (nSPS) is 12.2. The average molecular weight is 270 g/mol. The quantitative estimate of drug-likeness (QED) is 0.907. The number of ether oxygens (including phenoxy) is 1. The molecule has 1 unspecified atom stereocenters. The molecule has 0 aliphatic heterocycles. The van der Waals surface area contributed by atoms with E-state index in [9.17, 15) is 0 Å². The van der Waals surface area contributed by atoms with Gasteiger partial charge in [-0.3, -0.25) is 4.98 Å². The second kappa shape index (κ2) is 6.53. The standard InChI is InChI=1S/C17H22N2O/c1-12-8-16(10-14(3)18)9-13(2)17(12)20-11-15-4-6-19-7-5-15/h4-9,14H,10-11,18H2,1-3H3. The smallest absolute Gasteiger partial charge is 0.125 e. The predicted octanol–water partition coefficient (Wildman–Crippen LogP) is 3.17. The molecule has 1 heterocycles. The van der Waals surface area contributed by atoms with Gasteiger partial charge in [0.05, 0.1) is 0 Å². The van der Waals surface area contributed by atoms with Crippen molar-refractivity contribution in [2.24, 2.45) is 5.73 Å². The number of pyridine rings is 1. The molecule has 0 aliphatic rings. The third-order valence-corrected chi connectivity index (χ3v) is 3.21. The number of rotatable bonds is 5. The van der Waals surface area contributed by atoms with Gasteiger partial charge in [-0.15, -0.1) is 0 Å². The molecule has 0 saturated heterocycles. The Morgan fingerprint density at radius 2 is 1.70 bits per heavy atom. The maximum Gasteiger partial charge on any atom is 0.125 e. The van der Waals surface area contributed by atoms with E-state index in [1.54, 1.807) is 12.4 Å². The highest BCUT2D eigenvalue weighted by Crippen LogP contribution is 2.26. The van der Waals surface area contributed by atoms with Gasteiger partial charge in [0, 0.05) is 18.4 Å². The van der Waals surface area contributed by atoms with Crippen LogP contribution in [0.5, 0.6) is 5.75 Å². The van der Waals surface area contributed by atoms with Gasteiger partial charge in [0.25, 0.3) is 0 Å². The number of aryl methyl sites for hydroxylation is 2. The van der Waals surface area contributed by atoms with E-state index in [1.807, 2.05) is 19.1 Å². The van der Waals surface area contributed by atoms with Crippen LogP contribution < -0.4 is 10.5 Å². The van der Waals surface area contributed by atoms with Crippen LogP contribution in [0.2, 0.25) is 0 Å². The van der Waals surface area contributed by atoms with Crippen molar-refractivity contribution in [2.45, 2.75) is 39.8 Å². The SMILES string of the molecule is Cc1cc(CC(C)N)cc(C)c1OCc1ccncc1. The highest BCUT2D eigenvalue weighted by molar-refractivity contribution is 5.43. The molecule has 0 radical (unpaired) electrons. The molecular formula is C17H22N2O. The first-order valence-corrected chi connectivity index (χ1v) is 6.93. The maximum atomic E-state index is 5.95. The summed E-state index contributed by atoms with van der Waals surface area (Å²) in [7, 11) is 0. The van der Waals surface area contributed by atoms with Gasteiger partial charge in [0.2, 0.25) is 0 Å². The Hall–Kier alpha value is -1.87. The molecule has 3 heteroatoms. The minimum absolute atomic E-state index is 0.178. The molecule has 0 amide bonds. The Bertz CT molecular complexity index is 541. The third-order valence-electron chi connectivity index (χ3n) is 3.21. The van der Waals surface area contributed by atoms with Gasteiger partial charge in [-0.2, -0.15) is 0 Å². The lowest BCUT2D eigenvalue weighted by atomic mass is 10.0. The first-order chi connectivity index (χ1) is 9.56. The van der Waals surface area contributed by atoms with E-state index in [-0.39, 0.29) is 6.04 Å². The van der Waals surface area contributed by atoms with Crippen LogP contribution >= 0.6 is 0 Å². The van der Waals surface area contributed by atoms with Crippen molar-refractivity contribution >= 4 is 0 Å². The molecule has 0 saturated carbocycles. The van der Waals surface area contributed by atoms with Gasteiger partial charge >= 0.3 is 0 Å². The van der Waals surface area contributed by atoms with Crippen LogP contribution in [0.1, 0.15) is 29.2 Å². The molecule has 0 bridgehead atoms. The molecule has 106 valence electrons. The number of hydrogen-bond donors (Lipinski definition) is 1. The molecule has 0 fully saturated rings. The lowest BCUT2D eigenvalue weighted by molar-refractivity contribution is 0.301. The molecule has 0 spiro atoms. The first kappa shape index (κ1) is 14.5. The summed E-state index contributed by atoms with van der Waals surface area (Å²) in [4.78, 5) is 4.01. The largest absolute Gasteiger partial charge is 0.488 e. The van der Waals surface area contributed by atoms with Gasteiger partial charge < -0.3 is 10.5 Å². The molecule has 1 aromatic carbocycles. The van der Waals surface area contributed by atoms with E-state index in [0.29, 0.717) is 6.61 Å². The van der Waals surface area contributed by atoms with E-state index in [0.717, 1.165) is 28.9 Å². The molecule has 0 aliphatic carbocycles. The Labute approximate surface area is 120 Å². The fourth-order valence-corrected chi connectivity index (χ4v) is 2.39. The van der Waals surface area contributed by atoms with Crippen LogP contribution in [0.3, 0.4) is 0 Å². The zero-order valence-electron chi connectivity index (χ0n) is 12.4. The lowest BCUT2D eigenvalue weighted by Gasteiger charge is -2.15. The molecule has 1 atom stereocenters. The first-order valence-electron chi connectivity index (χ1n) is 6.93. The fourth-order valence-electron chi connectivity index (χ4n) is 2.39. The number of nitrogens with two attached hydrogens (primary N) is 1. The summed E-state index contributed by atoms with van der Waals surface area (Å²) >= 11 is 0. The van der Waals surface area contributed by atoms with Crippen LogP contribution in [-0.2, 0) is 13.0 Å². The van der Waals surface area contributed by atoms with E-state index >= 15 is 0 Å². The molecule has 1 aromatic heterocycles. The Morgan fingerprint density at radius 1 is 1.10 bits per heavy atom. The van der Waals surface area contributed by atoms with Gasteiger partial charge in [-0.1, -0.05) is 12.1 Å². The lowest BCUT2D eigenvalue weighted by Crippen LogP contribution is -2.18. The van der Waals surface area contributed by atoms with Crippen LogP contribution in [0, 0.1) is 13.8 Å². The van der Waals surface area contributed by atoms with Crippen molar-refractivity contribution < 1.29 is 4.74 Å². The summed E-state index contributed by atoms with van der Waals surface area (Å²) in [6, 6.07) is 8.44. The van der Waals surface area contributed by atoms with Gasteiger partial charge in [-0.05, 0) is 61.6 Å². The zero-order valence-corrected chi connectivity index (χ0v) is 12.4. The number of benzene rings is 1. The average Bonchev–Trinajstić information content (AvgIpc) is 2.38. The highest BCUT2D eigenvalue weighted by atomic mass is 16.5. The summed E-state index contributed by atoms with van der Waals surface area (Å²) in [5, 5.41) is 0. The molecular weight excluding hydrogens is 248 g/mol. The second-order valence-electron chi connectivity index (χ2n) is 5.38. The summed E-state index contributed by atoms with van der Waals surface area (Å²) in [5.74, 6) is 0.968. The van der Waals surface area contributed by atoms with Gasteiger partial charge in [0.1, 0.15) is 12.4 Å². The highest BCUT2D eigenvalue weighted by Gasteiger charge is 2.08. The molecule has 20 heavy (non-hydrogen) atoms. The summed E-state index contributed by atoms with van der Waals surface area (Å²) in [6.07, 6.45) is 4.46. The van der Waals surface area contributed by atoms with E-state index in [4.69, 9.17) is 10.5 Å². The molecule has 2 aromatic rings. The van der Waals surface area contributed by atoms with E-state index < -0.39 is 0 Å². The van der Waals surface area contributed by atoms with Crippen LogP contribution in [0.4, 0.5) is 0 Å². The van der Waals surface area contributed by atoms with Crippen LogP contribution in [0.15, 0.2) is 36.7 Å². The Balaban J connectivity index is 2.12. The minimum Gasteiger partial charge on any atom is -0.488 e. The summed E-state index contributed by atoms with van der Waals surface area (Å²) in [6.45, 7) is 6.76. The Morgan fingerprint density at radius 3 is 2.25 bits per heavy atom. The van der Waals surface area contributed by atoms with Crippen LogP contribution in [-0.4, -0.2) is 11.0 Å². The Kier molecular flexibility index (Phi) is 4.74. The minimum atomic E-state index is 0.178. The van der Waals surface area contributed by atoms with Crippen molar-refractivity contribution in [2.75, 3.05) is 0 Å². The maximum absolute atomic E-state index is 5.95. The molecule has 2 N–H and O–H groups in total. The van der Waals surface area contributed by atoms with Crippen molar-refractivity contribution in [3.63, 3.8) is 0 Å². The monoisotopic (exact) mass is 270 g/mol. The number of nitrogens with zero attached hydrogens (tertiary/aromatic N) is 1. The summed E-state index contributed by atoms with van der Waals surface area (Å²) in [5.41, 5.74) is 10.6. The third kappa shape index (κ3) is 3.81. The van der Waals surface area contributed by atoms with Gasteiger partial charge in [0.15, 0.2) is 0 Å². The zero-order chi connectivity index (χ0) is 14.5. The van der Waals surface area contributed by atoms with Crippen molar-refractivity contribution in [3.8, 4) is 5.75 Å². The predicted molar refractivity (Wildman–Crippen MR) is 81.8 cm³/mol. The topological polar surface area (TPSA) is 48.1 Å². The molecule has 3 nitrogen and oxygen atoms in total. The second-order valence-corrected chi connectivity index (χ2v) is 5.38. The van der Waals surface area contributed by atoms with Crippen molar-refractivity contribution in [3.05, 3.63) is 58.9 Å².